The molecule has 0 aromatic rings. The molecule has 2 atom stereocenters. The van der Waals surface area contributed by atoms with Crippen molar-refractivity contribution >= 4 is 11.9 Å². The summed E-state index contributed by atoms with van der Waals surface area (Å²) in [6.45, 7) is 9.47. The quantitative estimate of drug-likeness (QED) is 0.278. The van der Waals surface area contributed by atoms with Gasteiger partial charge in [0.2, 0.25) is 13.1 Å². The first-order chi connectivity index (χ1) is 12.9. The molecule has 0 aromatic heterocycles. The monoisotopic (exact) mass is 406 g/mol. The van der Waals surface area contributed by atoms with Crippen molar-refractivity contribution in [2.45, 2.75) is 60.3 Å². The SMILES string of the molecule is CC(C)C[C@@H](CC(=O)O)C[N+](=O)[O-].CCOC(=O)C[C@H](CC(C)C)C[N+](=O)[O-]. The number of esters is 1. The number of hydrogen-bond acceptors (Lipinski definition) is 7. The van der Waals surface area contributed by atoms with E-state index in [1.807, 2.05) is 27.7 Å². The summed E-state index contributed by atoms with van der Waals surface area (Å²) in [6, 6.07) is 0. The van der Waals surface area contributed by atoms with Gasteiger partial charge in [0.1, 0.15) is 0 Å². The number of nitro groups is 2. The Bertz CT molecular complexity index is 478. The van der Waals surface area contributed by atoms with E-state index in [1.54, 1.807) is 6.92 Å². The molecule has 0 saturated carbocycles. The molecular weight excluding hydrogens is 372 g/mol. The Hall–Kier alpha value is -2.26. The number of aliphatic carboxylic acids is 1. The Balaban J connectivity index is 0. The van der Waals surface area contributed by atoms with Gasteiger partial charge in [0.25, 0.3) is 0 Å². The number of hydrogen-bond donors (Lipinski definition) is 1. The van der Waals surface area contributed by atoms with Crippen molar-refractivity contribution in [1.82, 2.24) is 0 Å². The van der Waals surface area contributed by atoms with E-state index in [1.165, 1.54) is 0 Å². The van der Waals surface area contributed by atoms with Crippen LogP contribution in [0.1, 0.15) is 60.3 Å². The molecule has 10 nitrogen and oxygen atoms in total. The van der Waals surface area contributed by atoms with Gasteiger partial charge in [0.05, 0.1) is 19.4 Å². The molecule has 10 heteroatoms. The molecular formula is C18H34N2O8. The summed E-state index contributed by atoms with van der Waals surface area (Å²) in [5, 5.41) is 29.1. The maximum absolute atomic E-state index is 11.2. The van der Waals surface area contributed by atoms with Crippen LogP contribution in [0.4, 0.5) is 0 Å². The maximum Gasteiger partial charge on any atom is 0.306 e. The first-order valence-corrected chi connectivity index (χ1v) is 9.48. The van der Waals surface area contributed by atoms with Crippen LogP contribution in [-0.2, 0) is 14.3 Å². The van der Waals surface area contributed by atoms with Gasteiger partial charge in [0, 0.05) is 21.7 Å². The van der Waals surface area contributed by atoms with Gasteiger partial charge in [-0.3, -0.25) is 29.8 Å². The summed E-state index contributed by atoms with van der Waals surface area (Å²) in [7, 11) is 0. The number of ether oxygens (including phenoxy) is 1. The first-order valence-electron chi connectivity index (χ1n) is 9.48. The largest absolute Gasteiger partial charge is 0.481 e. The second-order valence-corrected chi connectivity index (χ2v) is 7.63. The van der Waals surface area contributed by atoms with E-state index in [0.29, 0.717) is 31.3 Å². The Kier molecular flexibility index (Phi) is 15.7. The third-order valence-corrected chi connectivity index (χ3v) is 3.65. The van der Waals surface area contributed by atoms with Gasteiger partial charge in [-0.2, -0.15) is 0 Å². The molecule has 164 valence electrons. The lowest BCUT2D eigenvalue weighted by atomic mass is 9.94. The summed E-state index contributed by atoms with van der Waals surface area (Å²) < 4.78 is 4.77. The molecule has 0 bridgehead atoms. The number of carboxylic acids is 1. The molecule has 0 fully saturated rings. The number of nitrogens with zero attached hydrogens (tertiary/aromatic N) is 2. The van der Waals surface area contributed by atoms with Gasteiger partial charge < -0.3 is 9.84 Å². The first kappa shape index (κ1) is 28.0. The second-order valence-electron chi connectivity index (χ2n) is 7.63. The summed E-state index contributed by atoms with van der Waals surface area (Å²) >= 11 is 0. The molecule has 0 aliphatic rings. The van der Waals surface area contributed by atoms with Crippen LogP contribution in [0.5, 0.6) is 0 Å². The Morgan fingerprint density at radius 3 is 1.57 bits per heavy atom. The lowest BCUT2D eigenvalue weighted by molar-refractivity contribution is -0.488. The van der Waals surface area contributed by atoms with Crippen molar-refractivity contribution in [1.29, 1.82) is 0 Å². The fraction of sp³-hybridized carbons (Fsp3) is 0.889. The zero-order valence-corrected chi connectivity index (χ0v) is 17.5. The molecule has 0 aliphatic carbocycles. The van der Waals surface area contributed by atoms with Crippen molar-refractivity contribution in [2.24, 2.45) is 23.7 Å². The second kappa shape index (κ2) is 15.8. The molecule has 28 heavy (non-hydrogen) atoms. The van der Waals surface area contributed by atoms with Gasteiger partial charge in [-0.05, 0) is 31.6 Å². The highest BCUT2D eigenvalue weighted by Crippen LogP contribution is 2.17. The molecule has 0 aromatic carbocycles. The van der Waals surface area contributed by atoms with Gasteiger partial charge in [-0.15, -0.1) is 0 Å². The molecule has 0 unspecified atom stereocenters. The minimum Gasteiger partial charge on any atom is -0.481 e. The van der Waals surface area contributed by atoms with Crippen LogP contribution in [-0.4, -0.2) is 46.6 Å². The van der Waals surface area contributed by atoms with Crippen LogP contribution < -0.4 is 0 Å². The number of carbonyl (C=O) groups excluding carboxylic acids is 1. The minimum atomic E-state index is -0.965. The predicted molar refractivity (Wildman–Crippen MR) is 103 cm³/mol. The summed E-state index contributed by atoms with van der Waals surface area (Å²) in [4.78, 5) is 41.3. The average Bonchev–Trinajstić information content (AvgIpc) is 2.43. The van der Waals surface area contributed by atoms with Crippen molar-refractivity contribution < 1.29 is 29.3 Å². The van der Waals surface area contributed by atoms with Crippen LogP contribution in [0.25, 0.3) is 0 Å². The smallest absolute Gasteiger partial charge is 0.306 e. The zero-order valence-electron chi connectivity index (χ0n) is 17.5. The molecule has 1 N–H and O–H groups in total. The number of rotatable bonds is 13. The Morgan fingerprint density at radius 1 is 0.893 bits per heavy atom. The van der Waals surface area contributed by atoms with E-state index in [2.05, 4.69) is 0 Å². The highest BCUT2D eigenvalue weighted by Gasteiger charge is 2.21. The van der Waals surface area contributed by atoms with E-state index < -0.39 is 10.9 Å². The maximum atomic E-state index is 11.2. The molecule has 0 aliphatic heterocycles. The molecule has 0 radical (unpaired) electrons. The molecule has 0 heterocycles. The number of carbonyl (C=O) groups is 2. The predicted octanol–water partition coefficient (Wildman–Crippen LogP) is 3.28. The van der Waals surface area contributed by atoms with Crippen molar-refractivity contribution in [3.05, 3.63) is 20.2 Å². The lowest BCUT2D eigenvalue weighted by Crippen LogP contribution is -2.21. The lowest BCUT2D eigenvalue weighted by Gasteiger charge is -2.13. The van der Waals surface area contributed by atoms with Gasteiger partial charge >= 0.3 is 11.9 Å². The van der Waals surface area contributed by atoms with E-state index in [9.17, 15) is 29.8 Å². The third-order valence-electron chi connectivity index (χ3n) is 3.65. The topological polar surface area (TPSA) is 150 Å². The van der Waals surface area contributed by atoms with Crippen molar-refractivity contribution in [3.8, 4) is 0 Å². The summed E-state index contributed by atoms with van der Waals surface area (Å²) in [6.07, 6.45) is 1.30. The fourth-order valence-corrected chi connectivity index (χ4v) is 2.90. The zero-order chi connectivity index (χ0) is 22.3. The number of carboxylic acid groups (broad SMARTS) is 1. The van der Waals surface area contributed by atoms with Crippen LogP contribution >= 0.6 is 0 Å². The van der Waals surface area contributed by atoms with Crippen molar-refractivity contribution in [3.63, 3.8) is 0 Å². The van der Waals surface area contributed by atoms with Gasteiger partial charge in [-0.1, -0.05) is 27.7 Å². The minimum absolute atomic E-state index is 0.112. The van der Waals surface area contributed by atoms with E-state index in [-0.39, 0.29) is 48.7 Å². The van der Waals surface area contributed by atoms with Crippen LogP contribution in [0.3, 0.4) is 0 Å². The van der Waals surface area contributed by atoms with Gasteiger partial charge in [-0.25, -0.2) is 0 Å². The third kappa shape index (κ3) is 20.1. The molecule has 0 rings (SSSR count). The normalized spacial score (nSPS) is 12.7. The Labute approximate surface area is 165 Å². The summed E-state index contributed by atoms with van der Waals surface area (Å²) in [5.74, 6) is -1.21. The van der Waals surface area contributed by atoms with Crippen molar-refractivity contribution in [2.75, 3.05) is 19.7 Å². The highest BCUT2D eigenvalue weighted by molar-refractivity contribution is 5.69. The summed E-state index contributed by atoms with van der Waals surface area (Å²) in [5.41, 5.74) is 0. The van der Waals surface area contributed by atoms with Crippen LogP contribution in [0, 0.1) is 43.9 Å². The van der Waals surface area contributed by atoms with E-state index >= 15 is 0 Å². The van der Waals surface area contributed by atoms with Crippen LogP contribution in [0.15, 0.2) is 0 Å². The molecule has 0 saturated heterocycles. The highest BCUT2D eigenvalue weighted by atomic mass is 16.6. The fourth-order valence-electron chi connectivity index (χ4n) is 2.90. The molecule has 0 amide bonds. The molecule has 0 spiro atoms. The van der Waals surface area contributed by atoms with E-state index in [4.69, 9.17) is 9.84 Å². The Morgan fingerprint density at radius 2 is 1.29 bits per heavy atom. The van der Waals surface area contributed by atoms with E-state index in [0.717, 1.165) is 0 Å². The standard InChI is InChI=1S/C10H19NO4.C8H15NO4/c1-4-15-10(12)6-9(5-8(2)3)7-11(13)14;1-6(2)3-7(4-8(10)11)5-9(12)13/h8-9H,4-7H2,1-3H3;6-7H,3-5H2,1-2H3,(H,10,11)/t9-;7-/m00/s1. The average molecular weight is 406 g/mol. The van der Waals surface area contributed by atoms with Gasteiger partial charge in [0.15, 0.2) is 0 Å². The van der Waals surface area contributed by atoms with Crippen LogP contribution in [0.2, 0.25) is 0 Å².